The van der Waals surface area contributed by atoms with E-state index >= 15 is 0 Å². The van der Waals surface area contributed by atoms with Crippen LogP contribution in [0.4, 0.5) is 5.69 Å². The molecule has 2 N–H and O–H groups in total. The Balaban J connectivity index is 1.51. The normalized spacial score (nSPS) is 31.9. The van der Waals surface area contributed by atoms with Crippen molar-refractivity contribution in [1.82, 2.24) is 0 Å². The topological polar surface area (TPSA) is 67.8 Å². The molecule has 0 spiro atoms. The van der Waals surface area contributed by atoms with Crippen LogP contribution in [0.15, 0.2) is 36.4 Å². The van der Waals surface area contributed by atoms with E-state index in [1.165, 1.54) is 24.8 Å². The van der Waals surface area contributed by atoms with Gasteiger partial charge in [-0.2, -0.15) is 0 Å². The van der Waals surface area contributed by atoms with Crippen molar-refractivity contribution in [3.63, 3.8) is 0 Å². The number of rotatable bonds is 2. The number of fused-ring (bicyclic) bond motifs is 8. The average Bonchev–Trinajstić information content (AvgIpc) is 3.42. The molecule has 0 aromatic heterocycles. The maximum atomic E-state index is 11.8. The minimum Gasteiger partial charge on any atom is -0.478 e. The SMILES string of the molecule is O=C(O)c1cccc2c1N[C@H](c1ccc3c(c1)OCO3)[C@@H]1[C@@H]3CC[C@H](C3)[C@H]21. The fourth-order valence-corrected chi connectivity index (χ4v) is 6.13. The van der Waals surface area contributed by atoms with Crippen molar-refractivity contribution < 1.29 is 19.4 Å². The van der Waals surface area contributed by atoms with Crippen LogP contribution in [0.25, 0.3) is 0 Å². The Morgan fingerprint density at radius 1 is 1.07 bits per heavy atom. The molecular formula is C22H21NO4. The maximum Gasteiger partial charge on any atom is 0.337 e. The fourth-order valence-electron chi connectivity index (χ4n) is 6.13. The molecule has 5 nitrogen and oxygen atoms in total. The molecule has 5 heteroatoms. The molecule has 5 atom stereocenters. The van der Waals surface area contributed by atoms with E-state index in [2.05, 4.69) is 23.5 Å². The second-order valence-electron chi connectivity index (χ2n) is 8.25. The number of carboxylic acid groups (broad SMARTS) is 1. The van der Waals surface area contributed by atoms with Crippen molar-refractivity contribution in [1.29, 1.82) is 0 Å². The molecule has 2 aliphatic carbocycles. The predicted octanol–water partition coefficient (Wildman–Crippen LogP) is 4.41. The van der Waals surface area contributed by atoms with E-state index in [0.717, 1.165) is 22.7 Å². The van der Waals surface area contributed by atoms with E-state index < -0.39 is 5.97 Å². The molecule has 0 amide bonds. The highest BCUT2D eigenvalue weighted by atomic mass is 16.7. The van der Waals surface area contributed by atoms with Crippen molar-refractivity contribution in [2.75, 3.05) is 12.1 Å². The highest BCUT2D eigenvalue weighted by Gasteiger charge is 2.54. The molecule has 0 saturated heterocycles. The lowest BCUT2D eigenvalue weighted by atomic mass is 9.67. The number of carboxylic acids is 1. The van der Waals surface area contributed by atoms with Gasteiger partial charge >= 0.3 is 5.97 Å². The summed E-state index contributed by atoms with van der Waals surface area (Å²) in [6.07, 6.45) is 3.80. The number of carbonyl (C=O) groups is 1. The first-order valence-electron chi connectivity index (χ1n) is 9.73. The zero-order valence-corrected chi connectivity index (χ0v) is 14.9. The summed E-state index contributed by atoms with van der Waals surface area (Å²) in [6, 6.07) is 12.0. The summed E-state index contributed by atoms with van der Waals surface area (Å²) < 4.78 is 11.1. The number of ether oxygens (including phenoxy) is 2. The summed E-state index contributed by atoms with van der Waals surface area (Å²) in [5.41, 5.74) is 3.54. The molecule has 27 heavy (non-hydrogen) atoms. The highest BCUT2D eigenvalue weighted by molar-refractivity contribution is 5.95. The monoisotopic (exact) mass is 363 g/mol. The number of benzene rings is 2. The first-order valence-corrected chi connectivity index (χ1v) is 9.73. The lowest BCUT2D eigenvalue weighted by Gasteiger charge is -2.44. The molecule has 138 valence electrons. The molecule has 0 unspecified atom stereocenters. The molecule has 2 bridgehead atoms. The fraction of sp³-hybridized carbons (Fsp3) is 0.409. The molecule has 2 aromatic carbocycles. The minimum atomic E-state index is -0.870. The van der Waals surface area contributed by atoms with Crippen molar-refractivity contribution in [2.24, 2.45) is 17.8 Å². The predicted molar refractivity (Wildman–Crippen MR) is 99.4 cm³/mol. The van der Waals surface area contributed by atoms with Crippen LogP contribution >= 0.6 is 0 Å². The van der Waals surface area contributed by atoms with E-state index in [0.29, 0.717) is 29.2 Å². The van der Waals surface area contributed by atoms with Gasteiger partial charge in [-0.15, -0.1) is 0 Å². The van der Waals surface area contributed by atoms with Crippen LogP contribution in [0, 0.1) is 17.8 Å². The number of hydrogen-bond donors (Lipinski definition) is 2. The van der Waals surface area contributed by atoms with E-state index in [1.807, 2.05) is 12.1 Å². The second kappa shape index (κ2) is 5.41. The quantitative estimate of drug-likeness (QED) is 0.827. The van der Waals surface area contributed by atoms with E-state index in [9.17, 15) is 9.90 Å². The smallest absolute Gasteiger partial charge is 0.337 e. The molecule has 2 aromatic rings. The number of nitrogens with one attached hydrogen (secondary N) is 1. The molecule has 4 aliphatic rings. The van der Waals surface area contributed by atoms with Crippen molar-refractivity contribution >= 4 is 11.7 Å². The Morgan fingerprint density at radius 3 is 2.81 bits per heavy atom. The summed E-state index contributed by atoms with van der Waals surface area (Å²) in [6.45, 7) is 0.264. The lowest BCUT2D eigenvalue weighted by molar-refractivity contribution is 0.0697. The van der Waals surface area contributed by atoms with Crippen molar-refractivity contribution in [3.8, 4) is 11.5 Å². The number of aromatic carboxylic acids is 1. The van der Waals surface area contributed by atoms with Gasteiger partial charge in [0.2, 0.25) is 6.79 Å². The summed E-state index contributed by atoms with van der Waals surface area (Å²) in [5.74, 6) is 3.00. The lowest BCUT2D eigenvalue weighted by Crippen LogP contribution is -2.36. The van der Waals surface area contributed by atoms with Gasteiger partial charge in [-0.3, -0.25) is 0 Å². The second-order valence-corrected chi connectivity index (χ2v) is 8.25. The summed E-state index contributed by atoms with van der Waals surface area (Å²) >= 11 is 0. The molecule has 2 fully saturated rings. The molecule has 2 heterocycles. The number of para-hydroxylation sites is 1. The maximum absolute atomic E-state index is 11.8. The van der Waals surface area contributed by atoms with Crippen LogP contribution in [0.5, 0.6) is 11.5 Å². The number of hydrogen-bond acceptors (Lipinski definition) is 4. The largest absolute Gasteiger partial charge is 0.478 e. The van der Waals surface area contributed by atoms with Crippen LogP contribution in [0.3, 0.4) is 0 Å². The summed E-state index contributed by atoms with van der Waals surface area (Å²) in [7, 11) is 0. The Labute approximate surface area is 157 Å². The Morgan fingerprint density at radius 2 is 1.93 bits per heavy atom. The molecular weight excluding hydrogens is 342 g/mol. The Kier molecular flexibility index (Phi) is 3.08. The third-order valence-electron chi connectivity index (χ3n) is 7.11. The third-order valence-corrected chi connectivity index (χ3v) is 7.11. The van der Waals surface area contributed by atoms with Gasteiger partial charge in [0.1, 0.15) is 0 Å². The average molecular weight is 363 g/mol. The first-order chi connectivity index (χ1) is 13.2. The minimum absolute atomic E-state index is 0.104. The Bertz CT molecular complexity index is 955. The highest BCUT2D eigenvalue weighted by Crippen LogP contribution is 2.64. The number of anilines is 1. The molecule has 0 radical (unpaired) electrons. The molecule has 6 rings (SSSR count). The van der Waals surface area contributed by atoms with Crippen LogP contribution < -0.4 is 14.8 Å². The van der Waals surface area contributed by atoms with Crippen LogP contribution in [0.2, 0.25) is 0 Å². The summed E-state index contributed by atoms with van der Waals surface area (Å²) in [4.78, 5) is 11.8. The van der Waals surface area contributed by atoms with Crippen LogP contribution in [0.1, 0.15) is 52.7 Å². The van der Waals surface area contributed by atoms with E-state index in [-0.39, 0.29) is 12.8 Å². The first kappa shape index (κ1) is 15.4. The van der Waals surface area contributed by atoms with Gasteiger partial charge in [0.15, 0.2) is 11.5 Å². The van der Waals surface area contributed by atoms with Gasteiger partial charge in [0.25, 0.3) is 0 Å². The van der Waals surface area contributed by atoms with Gasteiger partial charge in [-0.25, -0.2) is 4.79 Å². The summed E-state index contributed by atoms with van der Waals surface area (Å²) in [5, 5.41) is 13.4. The van der Waals surface area contributed by atoms with Crippen LogP contribution in [-0.4, -0.2) is 17.9 Å². The Hall–Kier alpha value is -2.69. The van der Waals surface area contributed by atoms with Gasteiger partial charge in [-0.1, -0.05) is 18.2 Å². The van der Waals surface area contributed by atoms with Crippen molar-refractivity contribution in [3.05, 3.63) is 53.1 Å². The van der Waals surface area contributed by atoms with Gasteiger partial charge in [0, 0.05) is 0 Å². The van der Waals surface area contributed by atoms with Crippen LogP contribution in [-0.2, 0) is 0 Å². The van der Waals surface area contributed by atoms with Gasteiger partial charge in [0.05, 0.1) is 17.3 Å². The molecule has 2 aliphatic heterocycles. The van der Waals surface area contributed by atoms with Crippen molar-refractivity contribution in [2.45, 2.75) is 31.2 Å². The van der Waals surface area contributed by atoms with Gasteiger partial charge in [-0.05, 0) is 72.3 Å². The molecule has 2 saturated carbocycles. The zero-order valence-electron chi connectivity index (χ0n) is 14.9. The third kappa shape index (κ3) is 2.08. The van der Waals surface area contributed by atoms with Gasteiger partial charge < -0.3 is 19.9 Å². The zero-order chi connectivity index (χ0) is 18.1. The van der Waals surface area contributed by atoms with E-state index in [4.69, 9.17) is 9.47 Å². The standard InChI is InChI=1S/C22H21NO4/c24-22(25)15-3-1-2-14-18-11-4-5-12(8-11)19(18)20(23-21(14)15)13-6-7-16-17(9-13)27-10-26-16/h1-3,6-7,9,11-12,18-20,23H,4-5,8,10H2,(H,24,25)/t11-,12-,18-,19-,20-/m1/s1. The van der Waals surface area contributed by atoms with E-state index in [1.54, 1.807) is 6.07 Å².